The minimum Gasteiger partial charge on any atom is -0.455 e. The maximum Gasteiger partial charge on any atom is 0.313 e. The normalized spacial score (nSPS) is 34.7. The van der Waals surface area contributed by atoms with E-state index in [0.717, 1.165) is 13.1 Å². The van der Waals surface area contributed by atoms with Gasteiger partial charge in [-0.1, -0.05) is 58.4 Å². The number of nitrogens with one attached hydrogen (secondary N) is 1. The SMILES string of the molecule is C[C@@H]1NC(=O)CC/C=C\CN(CCN2CCOCC2)C(=O)[C@H]2N(CCO)C(=O)[C@@H]3[C@@H](C(=O)O[C@H]1c1ccccc1)[C@@H]1O[C@@]32C=C1Br. The van der Waals surface area contributed by atoms with Gasteiger partial charge < -0.3 is 34.4 Å². The average Bonchev–Trinajstić information content (AvgIpc) is 3.64. The maximum atomic E-state index is 14.6. The van der Waals surface area contributed by atoms with Crippen molar-refractivity contribution in [1.82, 2.24) is 20.0 Å². The molecule has 12 nitrogen and oxygen atoms in total. The lowest BCUT2D eigenvalue weighted by Gasteiger charge is -2.36. The molecule has 3 fully saturated rings. The third kappa shape index (κ3) is 6.15. The van der Waals surface area contributed by atoms with Crippen molar-refractivity contribution in [2.45, 2.75) is 49.7 Å². The summed E-state index contributed by atoms with van der Waals surface area (Å²) in [6, 6.07) is 7.50. The number of carbonyl (C=O) groups is 4. The predicted molar refractivity (Wildman–Crippen MR) is 169 cm³/mol. The van der Waals surface area contributed by atoms with Crippen molar-refractivity contribution in [3.05, 3.63) is 58.6 Å². The van der Waals surface area contributed by atoms with Gasteiger partial charge in [-0.25, -0.2) is 0 Å². The highest BCUT2D eigenvalue weighted by atomic mass is 79.9. The number of likely N-dealkylation sites (tertiary alicyclic amines) is 1. The topological polar surface area (TPSA) is 138 Å². The second-order valence-electron chi connectivity index (χ2n) is 12.5. The molecule has 1 aromatic rings. The number of aliphatic hydroxyl groups excluding tert-OH is 1. The molecule has 46 heavy (non-hydrogen) atoms. The second-order valence-corrected chi connectivity index (χ2v) is 13.4. The van der Waals surface area contributed by atoms with Crippen LogP contribution in [0.25, 0.3) is 0 Å². The number of nitrogens with zero attached hydrogens (tertiary/aromatic N) is 3. The number of ether oxygens (including phenoxy) is 3. The van der Waals surface area contributed by atoms with Crippen LogP contribution in [-0.2, 0) is 33.4 Å². The van der Waals surface area contributed by atoms with E-state index in [-0.39, 0.29) is 37.9 Å². The molecule has 13 heteroatoms. The van der Waals surface area contributed by atoms with Crippen LogP contribution in [0.15, 0.2) is 53.0 Å². The van der Waals surface area contributed by atoms with Crippen molar-refractivity contribution in [3.63, 3.8) is 0 Å². The van der Waals surface area contributed by atoms with Crippen LogP contribution in [0.4, 0.5) is 0 Å². The van der Waals surface area contributed by atoms with Gasteiger partial charge in [0.25, 0.3) is 0 Å². The summed E-state index contributed by atoms with van der Waals surface area (Å²) in [4.78, 5) is 61.2. The first-order valence-corrected chi connectivity index (χ1v) is 16.8. The smallest absolute Gasteiger partial charge is 0.313 e. The number of morpholine rings is 1. The molecule has 7 atom stereocenters. The van der Waals surface area contributed by atoms with E-state index in [1.54, 1.807) is 17.9 Å². The van der Waals surface area contributed by atoms with Gasteiger partial charge in [-0.3, -0.25) is 24.1 Å². The first-order chi connectivity index (χ1) is 22.2. The monoisotopic (exact) mass is 700 g/mol. The van der Waals surface area contributed by atoms with E-state index in [0.29, 0.717) is 42.8 Å². The Morgan fingerprint density at radius 2 is 1.76 bits per heavy atom. The fourth-order valence-electron chi connectivity index (χ4n) is 7.41. The summed E-state index contributed by atoms with van der Waals surface area (Å²) in [6.45, 7) is 5.35. The number of amides is 3. The fourth-order valence-corrected chi connectivity index (χ4v) is 8.14. The summed E-state index contributed by atoms with van der Waals surface area (Å²) in [7, 11) is 0. The number of hydrogen-bond donors (Lipinski definition) is 2. The Balaban J connectivity index is 1.38. The van der Waals surface area contributed by atoms with Gasteiger partial charge in [-0.15, -0.1) is 0 Å². The van der Waals surface area contributed by atoms with Gasteiger partial charge >= 0.3 is 5.97 Å². The molecule has 5 bridgehead atoms. The van der Waals surface area contributed by atoms with E-state index >= 15 is 0 Å². The van der Waals surface area contributed by atoms with Crippen molar-refractivity contribution in [1.29, 1.82) is 0 Å². The molecule has 6 rings (SSSR count). The Kier molecular flexibility index (Phi) is 9.95. The van der Waals surface area contributed by atoms with E-state index in [2.05, 4.69) is 26.1 Å². The van der Waals surface area contributed by atoms with Gasteiger partial charge in [0.2, 0.25) is 17.7 Å². The molecule has 3 saturated heterocycles. The van der Waals surface area contributed by atoms with Crippen molar-refractivity contribution < 1.29 is 38.5 Å². The number of benzene rings is 1. The molecule has 0 saturated carbocycles. The summed E-state index contributed by atoms with van der Waals surface area (Å²) >= 11 is 3.57. The van der Waals surface area contributed by atoms with E-state index in [4.69, 9.17) is 14.2 Å². The molecule has 248 valence electrons. The molecule has 0 unspecified atom stereocenters. The van der Waals surface area contributed by atoms with Gasteiger partial charge in [0.15, 0.2) is 0 Å². The minimum atomic E-state index is -1.42. The third-order valence-corrected chi connectivity index (χ3v) is 10.3. The molecular formula is C33H41BrN4O8. The van der Waals surface area contributed by atoms with Gasteiger partial charge in [0.1, 0.15) is 29.8 Å². The van der Waals surface area contributed by atoms with Crippen LogP contribution in [0.3, 0.4) is 0 Å². The molecule has 1 aromatic carbocycles. The molecule has 5 aliphatic rings. The zero-order valence-corrected chi connectivity index (χ0v) is 27.5. The summed E-state index contributed by atoms with van der Waals surface area (Å²) < 4.78 is 18.8. The first-order valence-electron chi connectivity index (χ1n) is 16.0. The second kappa shape index (κ2) is 13.9. The van der Waals surface area contributed by atoms with Crippen molar-refractivity contribution >= 4 is 39.6 Å². The average molecular weight is 702 g/mol. The standard InChI is InChI=1S/C33H41BrN4O8/c1-21-27(22-8-4-2-5-9-22)45-32(43)25-26-30(41)38(14-17-39)29(33(26)20-23(34)28(25)46-33)31(42)37(11-7-3-6-10-24(40)35-21)13-12-36-15-18-44-19-16-36/h2-5,7-9,20-21,25-29,39H,6,10-19H2,1H3,(H,35,40)/b7-3-/t21-,25+,26-,27+,28+,29+,33-/m0/s1. The molecule has 5 heterocycles. The van der Waals surface area contributed by atoms with E-state index in [1.807, 2.05) is 42.5 Å². The zero-order valence-electron chi connectivity index (χ0n) is 25.9. The quantitative estimate of drug-likeness (QED) is 0.331. The number of cyclic esters (lactones) is 1. The molecule has 0 aromatic heterocycles. The number of allylic oxidation sites excluding steroid dienone is 1. The molecule has 2 N–H and O–H groups in total. The van der Waals surface area contributed by atoms with Crippen molar-refractivity contribution in [2.75, 3.05) is 59.1 Å². The summed E-state index contributed by atoms with van der Waals surface area (Å²) in [5.41, 5.74) is -0.730. The fraction of sp³-hybridized carbons (Fsp3) is 0.576. The van der Waals surface area contributed by atoms with E-state index in [9.17, 15) is 24.3 Å². The molecule has 1 spiro atoms. The third-order valence-electron chi connectivity index (χ3n) is 9.62. The zero-order chi connectivity index (χ0) is 32.4. The number of fused-ring (bicyclic) bond motifs is 2. The van der Waals surface area contributed by atoms with Crippen LogP contribution in [0.5, 0.6) is 0 Å². The number of β-amino-alcohol motifs (C(OH)–C–C–N with tert-alkyl or cyclic N) is 1. The number of rotatable bonds is 6. The number of carbonyl (C=O) groups excluding carboxylic acids is 4. The summed E-state index contributed by atoms with van der Waals surface area (Å²) in [5, 5.41) is 13.0. The Morgan fingerprint density at radius 1 is 1.00 bits per heavy atom. The maximum absolute atomic E-state index is 14.6. The van der Waals surface area contributed by atoms with Gasteiger partial charge in [-0.05, 0) is 25.0 Å². The lowest BCUT2D eigenvalue weighted by atomic mass is 9.74. The number of halogens is 1. The van der Waals surface area contributed by atoms with Gasteiger partial charge in [0, 0.05) is 50.2 Å². The Morgan fingerprint density at radius 3 is 2.50 bits per heavy atom. The summed E-state index contributed by atoms with van der Waals surface area (Å²) in [6.07, 6.45) is 4.52. The van der Waals surface area contributed by atoms with Crippen molar-refractivity contribution in [3.8, 4) is 0 Å². The lowest BCUT2D eigenvalue weighted by molar-refractivity contribution is -0.161. The minimum absolute atomic E-state index is 0.0857. The van der Waals surface area contributed by atoms with Crippen LogP contribution in [-0.4, -0.2) is 126 Å². The highest BCUT2D eigenvalue weighted by Gasteiger charge is 2.75. The van der Waals surface area contributed by atoms with Crippen LogP contribution in [0, 0.1) is 11.8 Å². The van der Waals surface area contributed by atoms with Gasteiger partial charge in [0.05, 0.1) is 31.8 Å². The highest BCUT2D eigenvalue weighted by Crippen LogP contribution is 2.59. The molecule has 0 radical (unpaired) electrons. The van der Waals surface area contributed by atoms with Crippen LogP contribution in [0.1, 0.15) is 31.4 Å². The van der Waals surface area contributed by atoms with Crippen LogP contribution in [0.2, 0.25) is 0 Å². The number of hydrogen-bond acceptors (Lipinski definition) is 9. The van der Waals surface area contributed by atoms with Crippen LogP contribution >= 0.6 is 15.9 Å². The Labute approximate surface area is 276 Å². The molecule has 3 amide bonds. The summed E-state index contributed by atoms with van der Waals surface area (Å²) in [5.74, 6) is -3.68. The number of aliphatic hydroxyl groups is 1. The van der Waals surface area contributed by atoms with Crippen molar-refractivity contribution in [2.24, 2.45) is 11.8 Å². The van der Waals surface area contributed by atoms with E-state index in [1.165, 1.54) is 4.90 Å². The number of esters is 1. The first kappa shape index (κ1) is 32.8. The highest BCUT2D eigenvalue weighted by molar-refractivity contribution is 9.11. The Bertz CT molecular complexity index is 1380. The predicted octanol–water partition coefficient (Wildman–Crippen LogP) is 1.15. The molecular weight excluding hydrogens is 660 g/mol. The largest absolute Gasteiger partial charge is 0.455 e. The molecule has 0 aliphatic carbocycles. The Hall–Kier alpha value is -3.10. The van der Waals surface area contributed by atoms with Gasteiger partial charge in [-0.2, -0.15) is 0 Å². The molecule has 5 aliphatic heterocycles. The lowest BCUT2D eigenvalue weighted by Crippen LogP contribution is -2.57. The van der Waals surface area contributed by atoms with E-state index < -0.39 is 53.6 Å². The van der Waals surface area contributed by atoms with Crippen LogP contribution < -0.4 is 5.32 Å².